The lowest BCUT2D eigenvalue weighted by Crippen LogP contribution is -2.37. The van der Waals surface area contributed by atoms with Crippen LogP contribution < -0.4 is 15.0 Å². The molecular formula is C22H26N2O4. The largest absolute Gasteiger partial charge is 0.494 e. The van der Waals surface area contributed by atoms with Crippen molar-refractivity contribution in [2.45, 2.75) is 26.2 Å². The Kier molecular flexibility index (Phi) is 6.66. The van der Waals surface area contributed by atoms with Gasteiger partial charge in [-0.1, -0.05) is 18.2 Å². The third kappa shape index (κ3) is 4.89. The Balaban J connectivity index is 1.68. The first-order valence-electron chi connectivity index (χ1n) is 9.54. The molecule has 6 nitrogen and oxygen atoms in total. The SMILES string of the molecule is CCOc1ccc(CC(=O)Nc2ccc3c(c2)N(C(=O)COC)CCC3)cc1. The van der Waals surface area contributed by atoms with Crippen LogP contribution >= 0.6 is 0 Å². The van der Waals surface area contributed by atoms with Gasteiger partial charge in [-0.25, -0.2) is 0 Å². The summed E-state index contributed by atoms with van der Waals surface area (Å²) in [6.45, 7) is 3.26. The molecule has 2 amide bonds. The molecule has 1 aliphatic heterocycles. The average Bonchev–Trinajstić information content (AvgIpc) is 2.69. The maximum Gasteiger partial charge on any atom is 0.252 e. The summed E-state index contributed by atoms with van der Waals surface area (Å²) in [6.07, 6.45) is 2.12. The van der Waals surface area contributed by atoms with E-state index in [1.54, 1.807) is 4.90 Å². The van der Waals surface area contributed by atoms with Crippen molar-refractivity contribution in [2.75, 3.05) is 37.1 Å². The fourth-order valence-corrected chi connectivity index (χ4v) is 3.37. The van der Waals surface area contributed by atoms with E-state index in [1.807, 2.05) is 49.4 Å². The second-order valence-electron chi connectivity index (χ2n) is 6.73. The van der Waals surface area contributed by atoms with E-state index in [0.29, 0.717) is 18.8 Å². The molecule has 0 fully saturated rings. The number of amides is 2. The molecule has 0 aromatic heterocycles. The van der Waals surface area contributed by atoms with Gasteiger partial charge in [-0.2, -0.15) is 0 Å². The van der Waals surface area contributed by atoms with Gasteiger partial charge in [0.25, 0.3) is 5.91 Å². The number of nitrogens with one attached hydrogen (secondary N) is 1. The summed E-state index contributed by atoms with van der Waals surface area (Å²) in [7, 11) is 1.51. The maximum atomic E-state index is 12.4. The molecule has 0 atom stereocenters. The quantitative estimate of drug-likeness (QED) is 0.799. The van der Waals surface area contributed by atoms with Gasteiger partial charge in [0, 0.05) is 25.0 Å². The van der Waals surface area contributed by atoms with E-state index in [4.69, 9.17) is 9.47 Å². The highest BCUT2D eigenvalue weighted by Crippen LogP contribution is 2.30. The van der Waals surface area contributed by atoms with Crippen LogP contribution in [0.25, 0.3) is 0 Å². The first kappa shape index (κ1) is 19.9. The molecule has 0 aliphatic carbocycles. The predicted octanol–water partition coefficient (Wildman–Crippen LogP) is 3.19. The highest BCUT2D eigenvalue weighted by atomic mass is 16.5. The molecule has 0 radical (unpaired) electrons. The Morgan fingerprint density at radius 2 is 1.93 bits per heavy atom. The Morgan fingerprint density at radius 3 is 2.64 bits per heavy atom. The van der Waals surface area contributed by atoms with Crippen molar-refractivity contribution in [2.24, 2.45) is 0 Å². The summed E-state index contributed by atoms with van der Waals surface area (Å²) < 4.78 is 10.4. The van der Waals surface area contributed by atoms with E-state index in [0.717, 1.165) is 35.4 Å². The van der Waals surface area contributed by atoms with E-state index in [1.165, 1.54) is 7.11 Å². The van der Waals surface area contributed by atoms with E-state index < -0.39 is 0 Å². The van der Waals surface area contributed by atoms with Gasteiger partial charge in [0.1, 0.15) is 12.4 Å². The Hall–Kier alpha value is -2.86. The summed E-state index contributed by atoms with van der Waals surface area (Å²) in [5.41, 5.74) is 3.56. The molecule has 0 saturated carbocycles. The van der Waals surface area contributed by atoms with E-state index >= 15 is 0 Å². The number of methoxy groups -OCH3 is 1. The molecule has 1 N–H and O–H groups in total. The van der Waals surface area contributed by atoms with Gasteiger partial charge in [-0.15, -0.1) is 0 Å². The molecule has 0 spiro atoms. The second kappa shape index (κ2) is 9.37. The van der Waals surface area contributed by atoms with Crippen LogP contribution in [-0.2, 0) is 27.2 Å². The van der Waals surface area contributed by atoms with Crippen molar-refractivity contribution < 1.29 is 19.1 Å². The number of ether oxygens (including phenoxy) is 2. The van der Waals surface area contributed by atoms with Crippen LogP contribution in [0.4, 0.5) is 11.4 Å². The molecule has 0 unspecified atom stereocenters. The highest BCUT2D eigenvalue weighted by molar-refractivity contribution is 5.97. The minimum absolute atomic E-state index is 0.0494. The number of aryl methyl sites for hydroxylation is 1. The Morgan fingerprint density at radius 1 is 1.14 bits per heavy atom. The number of benzene rings is 2. The van der Waals surface area contributed by atoms with Crippen LogP contribution in [-0.4, -0.2) is 38.7 Å². The number of nitrogens with zero attached hydrogens (tertiary/aromatic N) is 1. The van der Waals surface area contributed by atoms with Crippen molar-refractivity contribution in [1.29, 1.82) is 0 Å². The summed E-state index contributed by atoms with van der Waals surface area (Å²) in [5, 5.41) is 2.93. The molecule has 2 aromatic rings. The molecule has 2 aromatic carbocycles. The van der Waals surface area contributed by atoms with Crippen molar-refractivity contribution in [3.63, 3.8) is 0 Å². The minimum atomic E-state index is -0.102. The average molecular weight is 382 g/mol. The number of anilines is 2. The number of hydrogen-bond donors (Lipinski definition) is 1. The Labute approximate surface area is 165 Å². The smallest absolute Gasteiger partial charge is 0.252 e. The molecule has 148 valence electrons. The fraction of sp³-hybridized carbons (Fsp3) is 0.364. The van der Waals surface area contributed by atoms with Gasteiger partial charge >= 0.3 is 0 Å². The molecule has 0 bridgehead atoms. The van der Waals surface area contributed by atoms with Gasteiger partial charge in [0.2, 0.25) is 5.91 Å². The van der Waals surface area contributed by atoms with Crippen molar-refractivity contribution >= 4 is 23.2 Å². The molecule has 0 saturated heterocycles. The van der Waals surface area contributed by atoms with E-state index in [2.05, 4.69) is 5.32 Å². The lowest BCUT2D eigenvalue weighted by atomic mass is 10.0. The highest BCUT2D eigenvalue weighted by Gasteiger charge is 2.22. The number of rotatable bonds is 7. The van der Waals surface area contributed by atoms with Crippen LogP contribution in [0.3, 0.4) is 0 Å². The molecule has 6 heteroatoms. The molecular weight excluding hydrogens is 356 g/mol. The normalized spacial score (nSPS) is 13.0. The number of carbonyl (C=O) groups is 2. The lowest BCUT2D eigenvalue weighted by molar-refractivity contribution is -0.122. The van der Waals surface area contributed by atoms with Gasteiger partial charge in [-0.3, -0.25) is 9.59 Å². The number of hydrogen-bond acceptors (Lipinski definition) is 4. The van der Waals surface area contributed by atoms with Crippen molar-refractivity contribution in [1.82, 2.24) is 0 Å². The summed E-state index contributed by atoms with van der Waals surface area (Å²) >= 11 is 0. The summed E-state index contributed by atoms with van der Waals surface area (Å²) in [6, 6.07) is 13.3. The monoisotopic (exact) mass is 382 g/mol. The van der Waals surface area contributed by atoms with E-state index in [9.17, 15) is 9.59 Å². The fourth-order valence-electron chi connectivity index (χ4n) is 3.37. The summed E-state index contributed by atoms with van der Waals surface area (Å²) in [5.74, 6) is 0.623. The van der Waals surface area contributed by atoms with Crippen LogP contribution in [0.15, 0.2) is 42.5 Å². The minimum Gasteiger partial charge on any atom is -0.494 e. The number of fused-ring (bicyclic) bond motifs is 1. The van der Waals surface area contributed by atoms with Crippen LogP contribution in [0, 0.1) is 0 Å². The van der Waals surface area contributed by atoms with Gasteiger partial charge in [-0.05, 0) is 55.2 Å². The van der Waals surface area contributed by atoms with Gasteiger partial charge < -0.3 is 19.7 Å². The topological polar surface area (TPSA) is 67.9 Å². The lowest BCUT2D eigenvalue weighted by Gasteiger charge is -2.29. The van der Waals surface area contributed by atoms with E-state index in [-0.39, 0.29) is 24.8 Å². The zero-order valence-corrected chi connectivity index (χ0v) is 16.4. The predicted molar refractivity (Wildman–Crippen MR) is 109 cm³/mol. The van der Waals surface area contributed by atoms with Gasteiger partial charge in [0.05, 0.1) is 13.0 Å². The van der Waals surface area contributed by atoms with Crippen LogP contribution in [0.1, 0.15) is 24.5 Å². The maximum absolute atomic E-state index is 12.4. The zero-order valence-electron chi connectivity index (χ0n) is 16.4. The van der Waals surface area contributed by atoms with Gasteiger partial charge in [0.15, 0.2) is 0 Å². The third-order valence-electron chi connectivity index (χ3n) is 4.66. The van der Waals surface area contributed by atoms with Crippen LogP contribution in [0.2, 0.25) is 0 Å². The second-order valence-corrected chi connectivity index (χ2v) is 6.73. The molecule has 28 heavy (non-hydrogen) atoms. The third-order valence-corrected chi connectivity index (χ3v) is 4.66. The Bertz CT molecular complexity index is 833. The molecule has 3 rings (SSSR count). The van der Waals surface area contributed by atoms with Crippen molar-refractivity contribution in [3.05, 3.63) is 53.6 Å². The number of carbonyl (C=O) groups excluding carboxylic acids is 2. The molecule has 1 aliphatic rings. The first-order chi connectivity index (χ1) is 13.6. The zero-order chi connectivity index (χ0) is 19.9. The summed E-state index contributed by atoms with van der Waals surface area (Å²) in [4.78, 5) is 26.5. The molecule has 1 heterocycles. The first-order valence-corrected chi connectivity index (χ1v) is 9.54. The standard InChI is InChI=1S/C22H26N2O4/c1-3-28-19-10-6-16(7-11-19)13-21(25)23-18-9-8-17-5-4-12-24(20(17)14-18)22(26)15-27-2/h6-11,14H,3-5,12-13,15H2,1-2H3,(H,23,25). The van der Waals surface area contributed by atoms with Crippen LogP contribution in [0.5, 0.6) is 5.75 Å². The van der Waals surface area contributed by atoms with Crippen molar-refractivity contribution in [3.8, 4) is 5.75 Å².